The Morgan fingerprint density at radius 1 is 1.45 bits per heavy atom. The maximum absolute atomic E-state index is 12.3. The third kappa shape index (κ3) is 3.89. The highest BCUT2D eigenvalue weighted by Crippen LogP contribution is 2.33. The molecule has 1 atom stereocenters. The number of thiophene rings is 1. The molecule has 1 aliphatic carbocycles. The normalized spacial score (nSPS) is 22.3. The molecule has 2 heterocycles. The van der Waals surface area contributed by atoms with Crippen LogP contribution in [0.5, 0.6) is 0 Å². The summed E-state index contributed by atoms with van der Waals surface area (Å²) in [5, 5.41) is 3.07. The highest BCUT2D eigenvalue weighted by Gasteiger charge is 2.22. The maximum Gasteiger partial charge on any atom is 0.261 e. The number of hydrogen-bond acceptors (Lipinski definition) is 4. The van der Waals surface area contributed by atoms with E-state index in [0.29, 0.717) is 0 Å². The minimum Gasteiger partial charge on any atom is -0.379 e. The van der Waals surface area contributed by atoms with Gasteiger partial charge in [-0.05, 0) is 36.8 Å². The Hall–Kier alpha value is -0.910. The lowest BCUT2D eigenvalue weighted by Crippen LogP contribution is -2.41. The number of nitrogens with zero attached hydrogens (tertiary/aromatic N) is 1. The summed E-state index contributed by atoms with van der Waals surface area (Å²) in [6.45, 7) is 7.47. The first-order valence-electron chi connectivity index (χ1n) is 8.46. The van der Waals surface area contributed by atoms with Gasteiger partial charge in [0.15, 0.2) is 0 Å². The molecule has 5 heteroatoms. The van der Waals surface area contributed by atoms with Crippen LogP contribution < -0.4 is 5.32 Å². The van der Waals surface area contributed by atoms with Gasteiger partial charge in [0.25, 0.3) is 5.91 Å². The van der Waals surface area contributed by atoms with Crippen LogP contribution in [0.3, 0.4) is 0 Å². The van der Waals surface area contributed by atoms with Crippen molar-refractivity contribution in [3.8, 4) is 0 Å². The number of fused-ring (bicyclic) bond motifs is 1. The highest BCUT2D eigenvalue weighted by atomic mass is 32.1. The monoisotopic (exact) mass is 322 g/mol. The van der Waals surface area contributed by atoms with E-state index >= 15 is 0 Å². The number of morpholine rings is 1. The van der Waals surface area contributed by atoms with Gasteiger partial charge in [0.2, 0.25) is 0 Å². The number of nitrogens with one attached hydrogen (secondary N) is 1. The number of ether oxygens (including phenoxy) is 1. The van der Waals surface area contributed by atoms with Crippen LogP contribution in [0.2, 0.25) is 0 Å². The van der Waals surface area contributed by atoms with Crippen LogP contribution in [0.1, 0.15) is 39.9 Å². The van der Waals surface area contributed by atoms with Gasteiger partial charge in [-0.3, -0.25) is 9.69 Å². The van der Waals surface area contributed by atoms with Crippen molar-refractivity contribution in [2.45, 2.75) is 32.6 Å². The summed E-state index contributed by atoms with van der Waals surface area (Å²) in [6.07, 6.45) is 4.83. The fourth-order valence-corrected chi connectivity index (χ4v) is 4.42. The lowest BCUT2D eigenvalue weighted by molar-refractivity contribution is 0.0383. The van der Waals surface area contributed by atoms with E-state index in [-0.39, 0.29) is 5.91 Å². The van der Waals surface area contributed by atoms with Crippen molar-refractivity contribution in [1.82, 2.24) is 10.2 Å². The second kappa shape index (κ2) is 7.57. The number of aryl methyl sites for hydroxylation is 1. The van der Waals surface area contributed by atoms with Gasteiger partial charge in [0, 0.05) is 31.1 Å². The summed E-state index contributed by atoms with van der Waals surface area (Å²) in [6, 6.07) is 2.13. The van der Waals surface area contributed by atoms with Gasteiger partial charge in [-0.25, -0.2) is 0 Å². The third-order valence-corrected chi connectivity index (χ3v) is 6.04. The Bertz CT molecular complexity index is 509. The van der Waals surface area contributed by atoms with Crippen LogP contribution in [0.4, 0.5) is 0 Å². The van der Waals surface area contributed by atoms with Gasteiger partial charge in [-0.1, -0.05) is 13.3 Å². The molecule has 0 saturated carbocycles. The van der Waals surface area contributed by atoms with Crippen LogP contribution in [0, 0.1) is 5.92 Å². The van der Waals surface area contributed by atoms with Crippen molar-refractivity contribution in [1.29, 1.82) is 0 Å². The average molecular weight is 322 g/mol. The summed E-state index contributed by atoms with van der Waals surface area (Å²) in [5.74, 6) is 0.903. The molecule has 4 nitrogen and oxygen atoms in total. The molecule has 0 spiro atoms. The Morgan fingerprint density at radius 2 is 2.27 bits per heavy atom. The Morgan fingerprint density at radius 3 is 3.05 bits per heavy atom. The minimum atomic E-state index is 0.0979. The van der Waals surface area contributed by atoms with Crippen LogP contribution in [-0.2, 0) is 17.6 Å². The van der Waals surface area contributed by atoms with E-state index in [1.807, 2.05) is 0 Å². The van der Waals surface area contributed by atoms with Crippen molar-refractivity contribution in [3.05, 3.63) is 21.4 Å². The lowest BCUT2D eigenvalue weighted by Gasteiger charge is -2.26. The number of amides is 1. The van der Waals surface area contributed by atoms with E-state index in [4.69, 9.17) is 4.74 Å². The summed E-state index contributed by atoms with van der Waals surface area (Å²) in [4.78, 5) is 17.0. The largest absolute Gasteiger partial charge is 0.379 e. The highest BCUT2D eigenvalue weighted by molar-refractivity contribution is 7.14. The minimum absolute atomic E-state index is 0.0979. The molecular formula is C17H26N2O2S. The average Bonchev–Trinajstić information content (AvgIpc) is 2.99. The molecule has 2 aliphatic rings. The van der Waals surface area contributed by atoms with Crippen LogP contribution >= 0.6 is 11.3 Å². The standard InChI is InChI=1S/C17H26N2O2S/c1-2-13-3-4-15-14(11-13)12-16(22-15)17(20)18-5-6-19-7-9-21-10-8-19/h12-13H,2-11H2,1H3,(H,18,20). The Balaban J connectivity index is 1.49. The number of rotatable bonds is 5. The van der Waals surface area contributed by atoms with E-state index in [1.54, 1.807) is 11.3 Å². The molecule has 1 saturated heterocycles. The third-order valence-electron chi connectivity index (χ3n) is 4.80. The first-order chi connectivity index (χ1) is 10.8. The molecule has 1 N–H and O–H groups in total. The van der Waals surface area contributed by atoms with Crippen molar-refractivity contribution in [3.63, 3.8) is 0 Å². The van der Waals surface area contributed by atoms with Gasteiger partial charge in [0.1, 0.15) is 0 Å². The quantitative estimate of drug-likeness (QED) is 0.904. The van der Waals surface area contributed by atoms with Crippen LogP contribution in [-0.4, -0.2) is 50.2 Å². The summed E-state index contributed by atoms with van der Waals surface area (Å²) in [5.41, 5.74) is 1.42. The SMILES string of the molecule is CCC1CCc2sc(C(=O)NCCN3CCOCC3)cc2C1. The molecular weight excluding hydrogens is 296 g/mol. The molecule has 3 rings (SSSR count). The summed E-state index contributed by atoms with van der Waals surface area (Å²) >= 11 is 1.70. The van der Waals surface area contributed by atoms with Gasteiger partial charge in [-0.15, -0.1) is 11.3 Å². The van der Waals surface area contributed by atoms with E-state index in [1.165, 1.54) is 23.3 Å². The predicted octanol–water partition coefficient (Wildman–Crippen LogP) is 2.33. The molecule has 1 aromatic heterocycles. The second-order valence-corrected chi connectivity index (χ2v) is 7.42. The van der Waals surface area contributed by atoms with E-state index in [2.05, 4.69) is 23.2 Å². The first kappa shape index (κ1) is 16.0. The summed E-state index contributed by atoms with van der Waals surface area (Å²) in [7, 11) is 0. The molecule has 122 valence electrons. The van der Waals surface area contributed by atoms with E-state index in [9.17, 15) is 4.79 Å². The van der Waals surface area contributed by atoms with Gasteiger partial charge < -0.3 is 10.1 Å². The van der Waals surface area contributed by atoms with Gasteiger partial charge in [0.05, 0.1) is 18.1 Å². The molecule has 1 aliphatic heterocycles. The topological polar surface area (TPSA) is 41.6 Å². The Labute approximate surface area is 136 Å². The predicted molar refractivity (Wildman–Crippen MR) is 89.7 cm³/mol. The molecule has 22 heavy (non-hydrogen) atoms. The Kier molecular flexibility index (Phi) is 5.50. The number of carbonyl (C=O) groups excluding carboxylic acids is 1. The maximum atomic E-state index is 12.3. The molecule has 0 radical (unpaired) electrons. The molecule has 1 amide bonds. The van der Waals surface area contributed by atoms with Crippen LogP contribution in [0.25, 0.3) is 0 Å². The van der Waals surface area contributed by atoms with E-state index < -0.39 is 0 Å². The van der Waals surface area contributed by atoms with Crippen molar-refractivity contribution in [2.75, 3.05) is 39.4 Å². The zero-order valence-electron chi connectivity index (χ0n) is 13.4. The zero-order chi connectivity index (χ0) is 15.4. The van der Waals surface area contributed by atoms with Gasteiger partial charge in [-0.2, -0.15) is 0 Å². The van der Waals surface area contributed by atoms with Crippen molar-refractivity contribution in [2.24, 2.45) is 5.92 Å². The molecule has 0 bridgehead atoms. The number of hydrogen-bond donors (Lipinski definition) is 1. The zero-order valence-corrected chi connectivity index (χ0v) is 14.2. The lowest BCUT2D eigenvalue weighted by atomic mass is 9.87. The fourth-order valence-electron chi connectivity index (χ4n) is 3.30. The van der Waals surface area contributed by atoms with Gasteiger partial charge >= 0.3 is 0 Å². The molecule has 0 aromatic carbocycles. The van der Waals surface area contributed by atoms with Crippen LogP contribution in [0.15, 0.2) is 6.07 Å². The second-order valence-electron chi connectivity index (χ2n) is 6.29. The number of carbonyl (C=O) groups is 1. The van der Waals surface area contributed by atoms with Crippen molar-refractivity contribution < 1.29 is 9.53 Å². The molecule has 1 unspecified atom stereocenters. The molecule has 1 aromatic rings. The fraction of sp³-hybridized carbons (Fsp3) is 0.706. The van der Waals surface area contributed by atoms with Crippen molar-refractivity contribution >= 4 is 17.2 Å². The summed E-state index contributed by atoms with van der Waals surface area (Å²) < 4.78 is 5.33. The van der Waals surface area contributed by atoms with E-state index in [0.717, 1.165) is 63.0 Å². The molecule has 1 fully saturated rings. The smallest absolute Gasteiger partial charge is 0.261 e. The first-order valence-corrected chi connectivity index (χ1v) is 9.27.